The van der Waals surface area contributed by atoms with Crippen LogP contribution in [0.5, 0.6) is 0 Å². The van der Waals surface area contributed by atoms with E-state index < -0.39 is 6.09 Å². The van der Waals surface area contributed by atoms with E-state index in [1.807, 2.05) is 20.8 Å². The van der Waals surface area contributed by atoms with E-state index in [1.54, 1.807) is 7.11 Å². The van der Waals surface area contributed by atoms with E-state index in [1.165, 1.54) is 7.11 Å². The molecule has 0 aromatic heterocycles. The third kappa shape index (κ3) is 5.47. The zero-order valence-electron chi connectivity index (χ0n) is 9.01. The zero-order chi connectivity index (χ0) is 10.5. The van der Waals surface area contributed by atoms with Gasteiger partial charge in [0.15, 0.2) is 0 Å². The van der Waals surface area contributed by atoms with Crippen LogP contribution in [-0.4, -0.2) is 32.0 Å². The summed E-state index contributed by atoms with van der Waals surface area (Å²) >= 11 is 0. The first kappa shape index (κ1) is 12.2. The van der Waals surface area contributed by atoms with Crippen molar-refractivity contribution in [2.75, 3.05) is 14.2 Å². The van der Waals surface area contributed by atoms with E-state index >= 15 is 0 Å². The molecule has 0 aliphatic rings. The molecule has 0 spiro atoms. The summed E-state index contributed by atoms with van der Waals surface area (Å²) in [6, 6.07) is 0.0439. The van der Waals surface area contributed by atoms with Crippen molar-refractivity contribution in [1.29, 1.82) is 0 Å². The molecule has 1 amide bonds. The zero-order valence-corrected chi connectivity index (χ0v) is 9.01. The Hall–Kier alpha value is -0.770. The Balaban J connectivity index is 3.86. The first-order valence-corrected chi connectivity index (χ1v) is 4.31. The van der Waals surface area contributed by atoms with E-state index in [4.69, 9.17) is 4.74 Å². The molecule has 4 nitrogen and oxygen atoms in total. The molecule has 0 aliphatic carbocycles. The first-order valence-electron chi connectivity index (χ1n) is 4.31. The van der Waals surface area contributed by atoms with Gasteiger partial charge in [0.2, 0.25) is 0 Å². The van der Waals surface area contributed by atoms with E-state index in [0.29, 0.717) is 0 Å². The predicted molar refractivity (Wildman–Crippen MR) is 50.7 cm³/mol. The number of hydrogen-bond acceptors (Lipinski definition) is 3. The van der Waals surface area contributed by atoms with Crippen molar-refractivity contribution in [3.05, 3.63) is 0 Å². The second-order valence-electron chi connectivity index (χ2n) is 3.70. The fourth-order valence-electron chi connectivity index (χ4n) is 1.13. The highest BCUT2D eigenvalue weighted by molar-refractivity contribution is 5.67. The van der Waals surface area contributed by atoms with E-state index in [0.717, 1.165) is 6.42 Å². The van der Waals surface area contributed by atoms with E-state index in [2.05, 4.69) is 10.1 Å². The quantitative estimate of drug-likeness (QED) is 0.729. The average molecular weight is 189 g/mol. The van der Waals surface area contributed by atoms with Crippen LogP contribution in [0.2, 0.25) is 0 Å². The standard InChI is InChI=1S/C9H19NO3/c1-7(10-8(11)12-4)6-9(2,3)13-5/h7H,6H2,1-5H3,(H,10,11). The number of carbonyl (C=O) groups excluding carboxylic acids is 1. The van der Waals surface area contributed by atoms with Gasteiger partial charge in [0.1, 0.15) is 0 Å². The lowest BCUT2D eigenvalue weighted by atomic mass is 10.0. The molecule has 0 saturated heterocycles. The molecule has 0 aromatic rings. The molecule has 1 atom stereocenters. The topological polar surface area (TPSA) is 47.6 Å². The maximum Gasteiger partial charge on any atom is 0.407 e. The van der Waals surface area contributed by atoms with Crippen LogP contribution < -0.4 is 5.32 Å². The minimum Gasteiger partial charge on any atom is -0.453 e. The van der Waals surface area contributed by atoms with Crippen molar-refractivity contribution in [1.82, 2.24) is 5.32 Å². The molecule has 78 valence electrons. The molecule has 13 heavy (non-hydrogen) atoms. The average Bonchev–Trinajstić information content (AvgIpc) is 2.03. The Labute approximate surface area is 79.6 Å². The smallest absolute Gasteiger partial charge is 0.407 e. The van der Waals surface area contributed by atoms with Crippen molar-refractivity contribution in [2.45, 2.75) is 38.8 Å². The van der Waals surface area contributed by atoms with Gasteiger partial charge in [-0.2, -0.15) is 0 Å². The Morgan fingerprint density at radius 1 is 1.46 bits per heavy atom. The Kier molecular flexibility index (Phi) is 4.77. The lowest BCUT2D eigenvalue weighted by Crippen LogP contribution is -2.38. The molecular weight excluding hydrogens is 170 g/mol. The number of amides is 1. The van der Waals surface area contributed by atoms with Crippen molar-refractivity contribution < 1.29 is 14.3 Å². The number of hydrogen-bond donors (Lipinski definition) is 1. The van der Waals surface area contributed by atoms with Crippen LogP contribution >= 0.6 is 0 Å². The largest absolute Gasteiger partial charge is 0.453 e. The summed E-state index contributed by atoms with van der Waals surface area (Å²) in [6.45, 7) is 5.86. The summed E-state index contributed by atoms with van der Waals surface area (Å²) in [5.41, 5.74) is -0.222. The molecular formula is C9H19NO3. The summed E-state index contributed by atoms with van der Waals surface area (Å²) < 4.78 is 9.71. The fraction of sp³-hybridized carbons (Fsp3) is 0.889. The maximum absolute atomic E-state index is 10.8. The van der Waals surface area contributed by atoms with Gasteiger partial charge in [-0.3, -0.25) is 0 Å². The van der Waals surface area contributed by atoms with Crippen molar-refractivity contribution in [2.24, 2.45) is 0 Å². The minimum absolute atomic E-state index is 0.0439. The summed E-state index contributed by atoms with van der Waals surface area (Å²) in [7, 11) is 3.01. The lowest BCUT2D eigenvalue weighted by Gasteiger charge is -2.26. The summed E-state index contributed by atoms with van der Waals surface area (Å²) in [5.74, 6) is 0. The normalized spacial score (nSPS) is 13.6. The molecule has 0 bridgehead atoms. The number of carbonyl (C=O) groups is 1. The van der Waals surface area contributed by atoms with Gasteiger partial charge in [-0.15, -0.1) is 0 Å². The third-order valence-corrected chi connectivity index (χ3v) is 1.90. The van der Waals surface area contributed by atoms with Crippen molar-refractivity contribution in [3.63, 3.8) is 0 Å². The predicted octanol–water partition coefficient (Wildman–Crippen LogP) is 1.55. The highest BCUT2D eigenvalue weighted by Gasteiger charge is 2.21. The van der Waals surface area contributed by atoms with E-state index in [9.17, 15) is 4.79 Å². The monoisotopic (exact) mass is 189 g/mol. The first-order chi connectivity index (χ1) is 5.91. The number of nitrogens with one attached hydrogen (secondary N) is 1. The summed E-state index contributed by atoms with van der Waals surface area (Å²) in [5, 5.41) is 2.68. The number of alkyl carbamates (subject to hydrolysis) is 1. The molecule has 1 unspecified atom stereocenters. The molecule has 0 aromatic carbocycles. The molecule has 0 fully saturated rings. The van der Waals surface area contributed by atoms with Gasteiger partial charge >= 0.3 is 6.09 Å². The van der Waals surface area contributed by atoms with Crippen LogP contribution in [0.3, 0.4) is 0 Å². The molecule has 0 saturated carbocycles. The summed E-state index contributed by atoms with van der Waals surface area (Å²) in [4.78, 5) is 10.8. The molecule has 4 heteroatoms. The van der Waals surface area contributed by atoms with Gasteiger partial charge in [0.05, 0.1) is 12.7 Å². The van der Waals surface area contributed by atoms with Crippen LogP contribution in [0.1, 0.15) is 27.2 Å². The van der Waals surface area contributed by atoms with Crippen LogP contribution in [0.4, 0.5) is 4.79 Å². The van der Waals surface area contributed by atoms with Gasteiger partial charge < -0.3 is 14.8 Å². The SMILES string of the molecule is COC(=O)NC(C)CC(C)(C)OC. The van der Waals surface area contributed by atoms with Crippen LogP contribution in [0.25, 0.3) is 0 Å². The van der Waals surface area contributed by atoms with Gasteiger partial charge in [-0.05, 0) is 27.2 Å². The highest BCUT2D eigenvalue weighted by atomic mass is 16.5. The van der Waals surface area contributed by atoms with Crippen molar-refractivity contribution in [3.8, 4) is 0 Å². The third-order valence-electron chi connectivity index (χ3n) is 1.90. The Bertz CT molecular complexity index is 168. The Morgan fingerprint density at radius 2 is 2.00 bits per heavy atom. The van der Waals surface area contributed by atoms with Gasteiger partial charge in [-0.25, -0.2) is 4.79 Å². The Morgan fingerprint density at radius 3 is 2.38 bits per heavy atom. The second-order valence-corrected chi connectivity index (χ2v) is 3.70. The van der Waals surface area contributed by atoms with Crippen LogP contribution in [0, 0.1) is 0 Å². The van der Waals surface area contributed by atoms with Gasteiger partial charge in [0, 0.05) is 13.2 Å². The molecule has 0 heterocycles. The van der Waals surface area contributed by atoms with Crippen LogP contribution in [-0.2, 0) is 9.47 Å². The second kappa shape index (κ2) is 5.07. The minimum atomic E-state index is -0.403. The molecule has 0 aliphatic heterocycles. The van der Waals surface area contributed by atoms with E-state index in [-0.39, 0.29) is 11.6 Å². The summed E-state index contributed by atoms with van der Waals surface area (Å²) in [6.07, 6.45) is 0.345. The van der Waals surface area contributed by atoms with Gasteiger partial charge in [0.25, 0.3) is 0 Å². The van der Waals surface area contributed by atoms with Gasteiger partial charge in [-0.1, -0.05) is 0 Å². The fourth-order valence-corrected chi connectivity index (χ4v) is 1.13. The number of rotatable bonds is 4. The maximum atomic E-state index is 10.8. The molecule has 0 radical (unpaired) electrons. The molecule has 0 rings (SSSR count). The highest BCUT2D eigenvalue weighted by Crippen LogP contribution is 2.15. The van der Waals surface area contributed by atoms with Crippen LogP contribution in [0.15, 0.2) is 0 Å². The number of ether oxygens (including phenoxy) is 2. The van der Waals surface area contributed by atoms with Crippen molar-refractivity contribution >= 4 is 6.09 Å². The molecule has 1 N–H and O–H groups in total. The lowest BCUT2D eigenvalue weighted by molar-refractivity contribution is 0.00876. The number of methoxy groups -OCH3 is 2.